The molecule has 0 bridgehead atoms. The zero-order valence-corrected chi connectivity index (χ0v) is 12.7. The van der Waals surface area contributed by atoms with Crippen molar-refractivity contribution in [2.24, 2.45) is 0 Å². The predicted octanol–water partition coefficient (Wildman–Crippen LogP) is 1.74. The third-order valence-electron chi connectivity index (χ3n) is 4.57. The van der Waals surface area contributed by atoms with E-state index >= 15 is 0 Å². The fourth-order valence-corrected chi connectivity index (χ4v) is 3.31. The maximum absolute atomic E-state index is 6.00. The number of ether oxygens (including phenoxy) is 1. The smallest absolute Gasteiger partial charge is 0.0738 e. The third kappa shape index (κ3) is 3.86. The molecule has 116 valence electrons. The van der Waals surface area contributed by atoms with Gasteiger partial charge in [0.1, 0.15) is 0 Å². The highest BCUT2D eigenvalue weighted by Crippen LogP contribution is 2.23. The molecule has 3 rings (SSSR count). The van der Waals surface area contributed by atoms with Crippen molar-refractivity contribution in [3.05, 3.63) is 18.5 Å². The summed E-state index contributed by atoms with van der Waals surface area (Å²) in [7, 11) is 0. The van der Waals surface area contributed by atoms with Crippen LogP contribution in [0.1, 0.15) is 25.7 Å². The van der Waals surface area contributed by atoms with Gasteiger partial charge in [-0.15, -0.1) is 0 Å². The monoisotopic (exact) mass is 290 g/mol. The molecule has 1 aromatic rings. The highest BCUT2D eigenvalue weighted by molar-refractivity contribution is 5.66. The number of hydrogen-bond donors (Lipinski definition) is 1. The minimum atomic E-state index is 0.530. The molecule has 0 aromatic carbocycles. The number of hydrogen-bond acceptors (Lipinski definition) is 5. The second-order valence-electron chi connectivity index (χ2n) is 6.04. The minimum absolute atomic E-state index is 0.530. The van der Waals surface area contributed by atoms with Gasteiger partial charge in [-0.25, -0.2) is 0 Å². The predicted molar refractivity (Wildman–Crippen MR) is 85.5 cm³/mol. The molecule has 2 aliphatic heterocycles. The van der Waals surface area contributed by atoms with Crippen LogP contribution >= 0.6 is 0 Å². The minimum Gasteiger partial charge on any atom is -0.396 e. The summed E-state index contributed by atoms with van der Waals surface area (Å²) >= 11 is 0. The average Bonchev–Trinajstić information content (AvgIpc) is 3.02. The van der Waals surface area contributed by atoms with E-state index in [0.29, 0.717) is 6.10 Å². The van der Waals surface area contributed by atoms with Gasteiger partial charge < -0.3 is 15.4 Å². The summed E-state index contributed by atoms with van der Waals surface area (Å²) in [6, 6.07) is 2.02. The van der Waals surface area contributed by atoms with Crippen molar-refractivity contribution >= 4 is 11.4 Å². The van der Waals surface area contributed by atoms with E-state index in [1.54, 1.807) is 6.20 Å². The molecule has 1 unspecified atom stereocenters. The number of nitrogen functional groups attached to an aromatic ring is 1. The second kappa shape index (κ2) is 7.09. The van der Waals surface area contributed by atoms with Crippen LogP contribution in [0, 0.1) is 0 Å². The van der Waals surface area contributed by atoms with Crippen LogP contribution in [0.4, 0.5) is 11.4 Å². The number of nitrogens with zero attached hydrogens (tertiary/aromatic N) is 3. The molecular weight excluding hydrogens is 264 g/mol. The van der Waals surface area contributed by atoms with E-state index in [1.165, 1.54) is 32.2 Å². The summed E-state index contributed by atoms with van der Waals surface area (Å²) in [5.74, 6) is 0. The number of piperazine rings is 1. The van der Waals surface area contributed by atoms with Crippen molar-refractivity contribution in [1.82, 2.24) is 9.88 Å². The van der Waals surface area contributed by atoms with Crippen LogP contribution in [0.3, 0.4) is 0 Å². The summed E-state index contributed by atoms with van der Waals surface area (Å²) in [5, 5.41) is 0. The van der Waals surface area contributed by atoms with E-state index in [1.807, 2.05) is 12.3 Å². The van der Waals surface area contributed by atoms with Crippen LogP contribution in [0.5, 0.6) is 0 Å². The van der Waals surface area contributed by atoms with Crippen molar-refractivity contribution in [2.75, 3.05) is 50.0 Å². The largest absolute Gasteiger partial charge is 0.396 e. The molecule has 0 saturated carbocycles. The van der Waals surface area contributed by atoms with Crippen LogP contribution in [-0.4, -0.2) is 55.3 Å². The number of nitrogens with two attached hydrogens (primary N) is 1. The van der Waals surface area contributed by atoms with E-state index < -0.39 is 0 Å². The lowest BCUT2D eigenvalue weighted by atomic mass is 10.1. The topological polar surface area (TPSA) is 54.6 Å². The number of rotatable bonds is 5. The van der Waals surface area contributed by atoms with Crippen LogP contribution in [0.2, 0.25) is 0 Å². The molecule has 0 aliphatic carbocycles. The van der Waals surface area contributed by atoms with Gasteiger partial charge in [0.2, 0.25) is 0 Å². The van der Waals surface area contributed by atoms with E-state index in [2.05, 4.69) is 14.8 Å². The van der Waals surface area contributed by atoms with Crippen molar-refractivity contribution in [1.29, 1.82) is 0 Å². The molecule has 1 atom stereocenters. The molecule has 21 heavy (non-hydrogen) atoms. The Labute approximate surface area is 127 Å². The second-order valence-corrected chi connectivity index (χ2v) is 6.04. The molecule has 2 aliphatic rings. The maximum atomic E-state index is 6.00. The van der Waals surface area contributed by atoms with E-state index in [9.17, 15) is 0 Å². The lowest BCUT2D eigenvalue weighted by Crippen LogP contribution is -2.46. The maximum Gasteiger partial charge on any atom is 0.0738 e. The fourth-order valence-electron chi connectivity index (χ4n) is 3.31. The first-order valence-electron chi connectivity index (χ1n) is 8.11. The van der Waals surface area contributed by atoms with Crippen LogP contribution in [0.15, 0.2) is 18.5 Å². The molecule has 5 heteroatoms. The van der Waals surface area contributed by atoms with Crippen LogP contribution in [-0.2, 0) is 4.74 Å². The molecule has 2 N–H and O–H groups in total. The van der Waals surface area contributed by atoms with Gasteiger partial charge in [0.05, 0.1) is 23.7 Å². The molecule has 0 amide bonds. The first kappa shape index (κ1) is 14.6. The van der Waals surface area contributed by atoms with Gasteiger partial charge in [-0.2, -0.15) is 0 Å². The van der Waals surface area contributed by atoms with Gasteiger partial charge in [0, 0.05) is 39.0 Å². The Morgan fingerprint density at radius 1 is 1.29 bits per heavy atom. The van der Waals surface area contributed by atoms with Gasteiger partial charge >= 0.3 is 0 Å². The fraction of sp³-hybridized carbons (Fsp3) is 0.688. The normalized spacial score (nSPS) is 23.6. The van der Waals surface area contributed by atoms with Gasteiger partial charge in [-0.05, 0) is 38.3 Å². The SMILES string of the molecule is Nc1cnccc1N1CCN(CCCC2CCCO2)CC1. The average molecular weight is 290 g/mol. The summed E-state index contributed by atoms with van der Waals surface area (Å²) in [6.07, 6.45) is 9.07. The Morgan fingerprint density at radius 2 is 2.14 bits per heavy atom. The number of anilines is 2. The van der Waals surface area contributed by atoms with E-state index in [0.717, 1.165) is 44.2 Å². The van der Waals surface area contributed by atoms with Gasteiger partial charge in [-0.1, -0.05) is 0 Å². The van der Waals surface area contributed by atoms with Crippen molar-refractivity contribution in [3.8, 4) is 0 Å². The van der Waals surface area contributed by atoms with Crippen molar-refractivity contribution < 1.29 is 4.74 Å². The summed E-state index contributed by atoms with van der Waals surface area (Å²) in [6.45, 7) is 6.50. The molecule has 0 spiro atoms. The van der Waals surface area contributed by atoms with Crippen molar-refractivity contribution in [3.63, 3.8) is 0 Å². The molecular formula is C16H26N4O. The molecule has 3 heterocycles. The quantitative estimate of drug-likeness (QED) is 0.895. The van der Waals surface area contributed by atoms with Crippen molar-refractivity contribution in [2.45, 2.75) is 31.8 Å². The van der Waals surface area contributed by atoms with E-state index in [-0.39, 0.29) is 0 Å². The first-order valence-corrected chi connectivity index (χ1v) is 8.11. The third-order valence-corrected chi connectivity index (χ3v) is 4.57. The molecule has 5 nitrogen and oxygen atoms in total. The Bertz CT molecular complexity index is 440. The zero-order chi connectivity index (χ0) is 14.5. The van der Waals surface area contributed by atoms with Crippen LogP contribution < -0.4 is 10.6 Å². The Balaban J connectivity index is 1.39. The summed E-state index contributed by atoms with van der Waals surface area (Å²) in [4.78, 5) is 8.99. The Kier molecular flexibility index (Phi) is 4.93. The molecule has 2 saturated heterocycles. The highest BCUT2D eigenvalue weighted by atomic mass is 16.5. The zero-order valence-electron chi connectivity index (χ0n) is 12.7. The Morgan fingerprint density at radius 3 is 2.86 bits per heavy atom. The molecule has 1 aromatic heterocycles. The Hall–Kier alpha value is -1.33. The highest BCUT2D eigenvalue weighted by Gasteiger charge is 2.19. The van der Waals surface area contributed by atoms with Crippen LogP contribution in [0.25, 0.3) is 0 Å². The molecule has 0 radical (unpaired) electrons. The molecule has 2 fully saturated rings. The van der Waals surface area contributed by atoms with Gasteiger partial charge in [0.25, 0.3) is 0 Å². The standard InChI is InChI=1S/C16H26N4O/c17-15-13-18-6-5-16(15)20-10-8-19(9-11-20)7-1-3-14-4-2-12-21-14/h5-6,13-14H,1-4,7-12,17H2. The lowest BCUT2D eigenvalue weighted by molar-refractivity contribution is 0.0984. The number of pyridine rings is 1. The summed E-state index contributed by atoms with van der Waals surface area (Å²) in [5.41, 5.74) is 7.91. The van der Waals surface area contributed by atoms with Gasteiger partial charge in [-0.3, -0.25) is 9.88 Å². The van der Waals surface area contributed by atoms with E-state index in [4.69, 9.17) is 10.5 Å². The summed E-state index contributed by atoms with van der Waals surface area (Å²) < 4.78 is 5.68. The van der Waals surface area contributed by atoms with Gasteiger partial charge in [0.15, 0.2) is 0 Å². The number of aromatic nitrogens is 1. The first-order chi connectivity index (χ1) is 10.3. The lowest BCUT2D eigenvalue weighted by Gasteiger charge is -2.36.